The molecule has 0 saturated heterocycles. The maximum Gasteiger partial charge on any atom is 0.349 e. The summed E-state index contributed by atoms with van der Waals surface area (Å²) < 4.78 is 21.2. The number of aryl methyl sites for hydroxylation is 1. The van der Waals surface area contributed by atoms with E-state index in [1.807, 2.05) is 12.1 Å². The van der Waals surface area contributed by atoms with Crippen molar-refractivity contribution in [2.24, 2.45) is 0 Å². The molecule has 2 aromatic carbocycles. The summed E-state index contributed by atoms with van der Waals surface area (Å²) in [6.07, 6.45) is 1.34. The van der Waals surface area contributed by atoms with Crippen LogP contribution in [0.1, 0.15) is 20.8 Å². The summed E-state index contributed by atoms with van der Waals surface area (Å²) in [7, 11) is 0. The Hall–Kier alpha value is -4.03. The van der Waals surface area contributed by atoms with E-state index in [0.29, 0.717) is 21.3 Å². The quantitative estimate of drug-likeness (QED) is 0.475. The molecule has 0 aliphatic carbocycles. The second-order valence-corrected chi connectivity index (χ2v) is 7.61. The molecule has 31 heavy (non-hydrogen) atoms. The van der Waals surface area contributed by atoms with Crippen molar-refractivity contribution in [2.45, 2.75) is 6.92 Å². The van der Waals surface area contributed by atoms with Crippen LogP contribution in [0.3, 0.4) is 0 Å². The molecule has 154 valence electrons. The lowest BCUT2D eigenvalue weighted by molar-refractivity contribution is -0.119. The summed E-state index contributed by atoms with van der Waals surface area (Å²) >= 11 is 1.11. The van der Waals surface area contributed by atoms with Gasteiger partial charge in [0.25, 0.3) is 5.91 Å². The fourth-order valence-electron chi connectivity index (χ4n) is 3.13. The molecule has 1 N–H and O–H groups in total. The third-order valence-electron chi connectivity index (χ3n) is 4.57. The first kappa shape index (κ1) is 20.3. The van der Waals surface area contributed by atoms with E-state index in [0.717, 1.165) is 11.3 Å². The molecular weight excluding hydrogens is 419 g/mol. The second kappa shape index (κ2) is 8.38. The summed E-state index contributed by atoms with van der Waals surface area (Å²) in [6, 6.07) is 15.6. The number of halogens is 1. The largest absolute Gasteiger partial charge is 0.451 e. The molecule has 0 radical (unpaired) electrons. The van der Waals surface area contributed by atoms with E-state index in [1.165, 1.54) is 16.9 Å². The number of nitriles is 1. The van der Waals surface area contributed by atoms with Crippen molar-refractivity contribution in [3.63, 3.8) is 0 Å². The van der Waals surface area contributed by atoms with Crippen molar-refractivity contribution < 1.29 is 18.7 Å². The standard InChI is InChI=1S/C22H15FN4O3S/c1-13-19-16(23)8-5-9-17(19)31-20(13)22(29)30-12-18(28)26-21-14(10-24)11-25-27(21)15-6-3-2-4-7-15/h2-9,11H,12H2,1H3,(H,26,28). The van der Waals surface area contributed by atoms with Crippen molar-refractivity contribution in [3.8, 4) is 11.8 Å². The number of rotatable bonds is 5. The van der Waals surface area contributed by atoms with Crippen LogP contribution in [0, 0.1) is 24.1 Å². The minimum Gasteiger partial charge on any atom is -0.451 e. The average Bonchev–Trinajstić information content (AvgIpc) is 3.34. The van der Waals surface area contributed by atoms with Crippen LogP contribution in [0.4, 0.5) is 10.2 Å². The number of anilines is 1. The molecule has 0 aliphatic heterocycles. The number of ether oxygens (including phenoxy) is 1. The Labute approximate surface area is 180 Å². The minimum absolute atomic E-state index is 0.166. The Morgan fingerprint density at radius 3 is 2.71 bits per heavy atom. The molecular formula is C22H15FN4O3S. The first-order valence-corrected chi connectivity index (χ1v) is 9.99. The molecule has 4 aromatic rings. The number of fused-ring (bicyclic) bond motifs is 1. The lowest BCUT2D eigenvalue weighted by Crippen LogP contribution is -2.22. The van der Waals surface area contributed by atoms with E-state index in [4.69, 9.17) is 4.74 Å². The van der Waals surface area contributed by atoms with Crippen molar-refractivity contribution in [2.75, 3.05) is 11.9 Å². The Bertz CT molecular complexity index is 1340. The van der Waals surface area contributed by atoms with Crippen LogP contribution in [0.25, 0.3) is 15.8 Å². The van der Waals surface area contributed by atoms with Gasteiger partial charge in [0, 0.05) is 10.1 Å². The van der Waals surface area contributed by atoms with Gasteiger partial charge in [0.15, 0.2) is 12.4 Å². The van der Waals surface area contributed by atoms with E-state index in [2.05, 4.69) is 10.4 Å². The molecule has 0 saturated carbocycles. The van der Waals surface area contributed by atoms with Crippen LogP contribution >= 0.6 is 11.3 Å². The van der Waals surface area contributed by atoms with E-state index < -0.39 is 24.3 Å². The van der Waals surface area contributed by atoms with Gasteiger partial charge in [0.1, 0.15) is 22.3 Å². The van der Waals surface area contributed by atoms with Crippen molar-refractivity contribution in [1.82, 2.24) is 9.78 Å². The zero-order valence-corrected chi connectivity index (χ0v) is 17.1. The highest BCUT2D eigenvalue weighted by Crippen LogP contribution is 2.33. The SMILES string of the molecule is Cc1c(C(=O)OCC(=O)Nc2c(C#N)cnn2-c2ccccc2)sc2cccc(F)c12. The fourth-order valence-corrected chi connectivity index (χ4v) is 4.25. The molecule has 7 nitrogen and oxygen atoms in total. The smallest absolute Gasteiger partial charge is 0.349 e. The number of carbonyl (C=O) groups is 2. The van der Waals surface area contributed by atoms with Gasteiger partial charge in [-0.3, -0.25) is 4.79 Å². The van der Waals surface area contributed by atoms with Crippen LogP contribution in [0.15, 0.2) is 54.7 Å². The van der Waals surface area contributed by atoms with Crippen LogP contribution in [-0.4, -0.2) is 28.3 Å². The third kappa shape index (κ3) is 3.89. The minimum atomic E-state index is -0.717. The first-order valence-electron chi connectivity index (χ1n) is 9.17. The molecule has 0 atom stereocenters. The third-order valence-corrected chi connectivity index (χ3v) is 5.81. The molecule has 4 rings (SSSR count). The van der Waals surface area contributed by atoms with Crippen LogP contribution < -0.4 is 5.32 Å². The molecule has 1 amide bonds. The van der Waals surface area contributed by atoms with E-state index in [1.54, 1.807) is 43.3 Å². The van der Waals surface area contributed by atoms with Gasteiger partial charge in [0.2, 0.25) is 0 Å². The van der Waals surface area contributed by atoms with Gasteiger partial charge < -0.3 is 10.1 Å². The highest BCUT2D eigenvalue weighted by molar-refractivity contribution is 7.21. The Balaban J connectivity index is 1.49. The number of aromatic nitrogens is 2. The van der Waals surface area contributed by atoms with E-state index >= 15 is 0 Å². The first-order chi connectivity index (χ1) is 15.0. The molecule has 0 fully saturated rings. The second-order valence-electron chi connectivity index (χ2n) is 6.56. The monoisotopic (exact) mass is 434 g/mol. The maximum atomic E-state index is 14.1. The Morgan fingerprint density at radius 2 is 2.00 bits per heavy atom. The highest BCUT2D eigenvalue weighted by atomic mass is 32.1. The van der Waals surface area contributed by atoms with Crippen molar-refractivity contribution in [1.29, 1.82) is 5.26 Å². The summed E-state index contributed by atoms with van der Waals surface area (Å²) in [4.78, 5) is 25.1. The van der Waals surface area contributed by atoms with Gasteiger partial charge in [-0.15, -0.1) is 11.3 Å². The van der Waals surface area contributed by atoms with Gasteiger partial charge in [-0.25, -0.2) is 13.9 Å². The van der Waals surface area contributed by atoms with Crippen LogP contribution in [0.2, 0.25) is 0 Å². The Morgan fingerprint density at radius 1 is 1.23 bits per heavy atom. The highest BCUT2D eigenvalue weighted by Gasteiger charge is 2.21. The van der Waals surface area contributed by atoms with Crippen LogP contribution in [-0.2, 0) is 9.53 Å². The molecule has 0 spiro atoms. The molecule has 0 bridgehead atoms. The molecule has 2 heterocycles. The Kier molecular flexibility index (Phi) is 5.47. The lowest BCUT2D eigenvalue weighted by atomic mass is 10.1. The number of amides is 1. The zero-order chi connectivity index (χ0) is 22.0. The summed E-state index contributed by atoms with van der Waals surface area (Å²) in [6.45, 7) is 1.07. The molecule has 9 heteroatoms. The number of esters is 1. The van der Waals surface area contributed by atoms with Gasteiger partial charge in [0.05, 0.1) is 11.9 Å². The predicted molar refractivity (Wildman–Crippen MR) is 114 cm³/mol. The number of thiophene rings is 1. The van der Waals surface area contributed by atoms with Crippen molar-refractivity contribution in [3.05, 3.63) is 76.5 Å². The number of carbonyl (C=O) groups excluding carboxylic acids is 2. The predicted octanol–water partition coefficient (Wildman–Crippen LogP) is 4.20. The number of hydrogen-bond acceptors (Lipinski definition) is 6. The number of nitrogens with zero attached hydrogens (tertiary/aromatic N) is 3. The van der Waals surface area contributed by atoms with E-state index in [9.17, 15) is 19.2 Å². The number of hydrogen-bond donors (Lipinski definition) is 1. The van der Waals surface area contributed by atoms with Crippen LogP contribution in [0.5, 0.6) is 0 Å². The molecule has 0 aliphatic rings. The summed E-state index contributed by atoms with van der Waals surface area (Å²) in [5.41, 5.74) is 1.29. The number of benzene rings is 2. The van der Waals surface area contributed by atoms with E-state index in [-0.39, 0.29) is 16.3 Å². The normalized spacial score (nSPS) is 10.6. The average molecular weight is 434 g/mol. The molecule has 0 unspecified atom stereocenters. The molecule has 2 aromatic heterocycles. The van der Waals surface area contributed by atoms with Gasteiger partial charge in [-0.1, -0.05) is 24.3 Å². The van der Waals surface area contributed by atoms with Gasteiger partial charge in [-0.05, 0) is 36.8 Å². The van der Waals surface area contributed by atoms with Gasteiger partial charge in [-0.2, -0.15) is 10.4 Å². The lowest BCUT2D eigenvalue weighted by Gasteiger charge is -2.10. The van der Waals surface area contributed by atoms with Crippen molar-refractivity contribution >= 4 is 39.1 Å². The number of nitrogens with one attached hydrogen (secondary N) is 1. The summed E-state index contributed by atoms with van der Waals surface area (Å²) in [5.74, 6) is -1.59. The maximum absolute atomic E-state index is 14.1. The number of para-hydroxylation sites is 1. The fraction of sp³-hybridized carbons (Fsp3) is 0.0909. The topological polar surface area (TPSA) is 97.0 Å². The summed E-state index contributed by atoms with van der Waals surface area (Å²) in [5, 5.41) is 16.4. The zero-order valence-electron chi connectivity index (χ0n) is 16.3. The van der Waals surface area contributed by atoms with Gasteiger partial charge >= 0.3 is 5.97 Å².